The Morgan fingerprint density at radius 2 is 2.50 bits per heavy atom. The average Bonchev–Trinajstić information content (AvgIpc) is 2.32. The van der Waals surface area contributed by atoms with Gasteiger partial charge in [-0.25, -0.2) is 4.79 Å². The van der Waals surface area contributed by atoms with E-state index >= 15 is 0 Å². The van der Waals surface area contributed by atoms with Gasteiger partial charge in [0.25, 0.3) is 0 Å². The van der Waals surface area contributed by atoms with Crippen molar-refractivity contribution in [2.24, 2.45) is 0 Å². The second kappa shape index (κ2) is 4.75. The maximum atomic E-state index is 11.2. The van der Waals surface area contributed by atoms with Gasteiger partial charge in [-0.3, -0.25) is 0 Å². The normalized spacial score (nSPS) is 16.6. The third-order valence-corrected chi connectivity index (χ3v) is 1.79. The second-order valence-corrected chi connectivity index (χ2v) is 2.73. The Morgan fingerprint density at radius 1 is 1.67 bits per heavy atom. The van der Waals surface area contributed by atoms with E-state index in [-0.39, 0.29) is 5.97 Å². The molecular weight excluding hydrogens is 152 g/mol. The summed E-state index contributed by atoms with van der Waals surface area (Å²) in [5, 5.41) is 0. The molecule has 1 aliphatic carbocycles. The molecule has 12 heavy (non-hydrogen) atoms. The summed E-state index contributed by atoms with van der Waals surface area (Å²) >= 11 is 0. The Bertz CT molecular complexity index is 214. The van der Waals surface area contributed by atoms with Crippen LogP contribution in [0, 0.1) is 0 Å². The highest BCUT2D eigenvalue weighted by Crippen LogP contribution is 2.13. The molecule has 2 nitrogen and oxygen atoms in total. The Hall–Kier alpha value is -1.05. The van der Waals surface area contributed by atoms with Gasteiger partial charge in [-0.05, 0) is 26.2 Å². The lowest BCUT2D eigenvalue weighted by Crippen LogP contribution is -2.07. The summed E-state index contributed by atoms with van der Waals surface area (Å²) in [4.78, 5) is 11.2. The molecule has 0 spiro atoms. The largest absolute Gasteiger partial charge is 0.463 e. The molecule has 66 valence electrons. The highest BCUT2D eigenvalue weighted by molar-refractivity contribution is 5.88. The Balaban J connectivity index is 2.54. The van der Waals surface area contributed by atoms with Gasteiger partial charge in [0, 0.05) is 5.57 Å². The van der Waals surface area contributed by atoms with Crippen molar-refractivity contribution in [3.63, 3.8) is 0 Å². The van der Waals surface area contributed by atoms with Crippen LogP contribution in [0.1, 0.15) is 26.2 Å². The first kappa shape index (κ1) is 9.04. The smallest absolute Gasteiger partial charge is 0.333 e. The molecule has 1 rings (SSSR count). The average molecular weight is 166 g/mol. The first-order chi connectivity index (χ1) is 5.84. The predicted octanol–water partition coefficient (Wildman–Crippen LogP) is 2.22. The van der Waals surface area contributed by atoms with E-state index in [1.54, 1.807) is 0 Å². The maximum Gasteiger partial charge on any atom is 0.333 e. The van der Waals surface area contributed by atoms with Crippen LogP contribution in [0.4, 0.5) is 0 Å². The SMILES string of the molecule is CCOC(=O)C1=CC=CCCC1. The van der Waals surface area contributed by atoms with E-state index in [0.717, 1.165) is 24.8 Å². The highest BCUT2D eigenvalue weighted by Gasteiger charge is 2.09. The number of rotatable bonds is 2. The van der Waals surface area contributed by atoms with E-state index in [2.05, 4.69) is 6.08 Å². The summed E-state index contributed by atoms with van der Waals surface area (Å²) in [7, 11) is 0. The summed E-state index contributed by atoms with van der Waals surface area (Å²) < 4.78 is 4.90. The van der Waals surface area contributed by atoms with Gasteiger partial charge in [0.1, 0.15) is 0 Å². The van der Waals surface area contributed by atoms with E-state index in [4.69, 9.17) is 4.74 Å². The van der Waals surface area contributed by atoms with Crippen molar-refractivity contribution in [3.8, 4) is 0 Å². The molecule has 0 saturated heterocycles. The van der Waals surface area contributed by atoms with Gasteiger partial charge in [0.2, 0.25) is 0 Å². The quantitative estimate of drug-likeness (QED) is 0.588. The molecule has 0 amide bonds. The van der Waals surface area contributed by atoms with Crippen molar-refractivity contribution in [1.29, 1.82) is 0 Å². The fourth-order valence-electron chi connectivity index (χ4n) is 1.17. The molecular formula is C10H14O2. The van der Waals surface area contributed by atoms with Crippen LogP contribution >= 0.6 is 0 Å². The third-order valence-electron chi connectivity index (χ3n) is 1.79. The fraction of sp³-hybridized carbons (Fsp3) is 0.500. The van der Waals surface area contributed by atoms with Crippen molar-refractivity contribution in [1.82, 2.24) is 0 Å². The lowest BCUT2D eigenvalue weighted by Gasteiger charge is -2.03. The number of carbonyl (C=O) groups excluding carboxylic acids is 1. The van der Waals surface area contributed by atoms with E-state index in [1.807, 2.05) is 19.1 Å². The molecule has 0 aromatic rings. The number of hydrogen-bond donors (Lipinski definition) is 0. The first-order valence-corrected chi connectivity index (χ1v) is 4.37. The van der Waals surface area contributed by atoms with Crippen LogP contribution in [0.5, 0.6) is 0 Å². The summed E-state index contributed by atoms with van der Waals surface area (Å²) in [5.41, 5.74) is 0.797. The Labute approximate surface area is 72.9 Å². The van der Waals surface area contributed by atoms with Crippen LogP contribution in [-0.4, -0.2) is 12.6 Å². The van der Waals surface area contributed by atoms with Crippen molar-refractivity contribution in [2.45, 2.75) is 26.2 Å². The van der Waals surface area contributed by atoms with E-state index in [1.165, 1.54) is 0 Å². The van der Waals surface area contributed by atoms with Gasteiger partial charge in [0.15, 0.2) is 0 Å². The second-order valence-electron chi connectivity index (χ2n) is 2.73. The minimum Gasteiger partial charge on any atom is -0.463 e. The summed E-state index contributed by atoms with van der Waals surface area (Å²) in [5.74, 6) is -0.163. The Morgan fingerprint density at radius 3 is 3.25 bits per heavy atom. The summed E-state index contributed by atoms with van der Waals surface area (Å²) in [6, 6.07) is 0. The molecule has 1 aliphatic rings. The maximum absolute atomic E-state index is 11.2. The van der Waals surface area contributed by atoms with Gasteiger partial charge in [-0.15, -0.1) is 0 Å². The lowest BCUT2D eigenvalue weighted by molar-refractivity contribution is -0.138. The van der Waals surface area contributed by atoms with Gasteiger partial charge >= 0.3 is 5.97 Å². The topological polar surface area (TPSA) is 26.3 Å². The summed E-state index contributed by atoms with van der Waals surface area (Å²) in [6.07, 6.45) is 8.79. The minimum atomic E-state index is -0.163. The van der Waals surface area contributed by atoms with Crippen LogP contribution in [0.25, 0.3) is 0 Å². The number of ether oxygens (including phenoxy) is 1. The fourth-order valence-corrected chi connectivity index (χ4v) is 1.17. The standard InChI is InChI=1S/C10H14O2/c1-2-12-10(11)9-7-5-3-4-6-8-9/h3,5,7H,2,4,6,8H2,1H3. The first-order valence-electron chi connectivity index (χ1n) is 4.37. The zero-order chi connectivity index (χ0) is 8.81. The number of carbonyl (C=O) groups is 1. The summed E-state index contributed by atoms with van der Waals surface area (Å²) in [6.45, 7) is 2.28. The van der Waals surface area contributed by atoms with Gasteiger partial charge in [0.05, 0.1) is 6.61 Å². The molecule has 0 unspecified atom stereocenters. The number of allylic oxidation sites excluding steroid dienone is 3. The van der Waals surface area contributed by atoms with Crippen LogP contribution in [0.15, 0.2) is 23.8 Å². The highest BCUT2D eigenvalue weighted by atomic mass is 16.5. The van der Waals surface area contributed by atoms with Crippen molar-refractivity contribution in [2.75, 3.05) is 6.61 Å². The number of esters is 1. The molecule has 0 bridgehead atoms. The van der Waals surface area contributed by atoms with Gasteiger partial charge < -0.3 is 4.74 Å². The van der Waals surface area contributed by atoms with Crippen molar-refractivity contribution in [3.05, 3.63) is 23.8 Å². The zero-order valence-electron chi connectivity index (χ0n) is 7.38. The molecule has 0 fully saturated rings. The molecule has 0 aromatic carbocycles. The van der Waals surface area contributed by atoms with E-state index in [9.17, 15) is 4.79 Å². The number of hydrogen-bond acceptors (Lipinski definition) is 2. The minimum absolute atomic E-state index is 0.163. The van der Waals surface area contributed by atoms with Crippen LogP contribution < -0.4 is 0 Å². The monoisotopic (exact) mass is 166 g/mol. The molecule has 2 heteroatoms. The lowest BCUT2D eigenvalue weighted by atomic mass is 10.1. The Kier molecular flexibility index (Phi) is 3.58. The molecule has 0 atom stereocenters. The van der Waals surface area contributed by atoms with E-state index in [0.29, 0.717) is 6.61 Å². The van der Waals surface area contributed by atoms with Crippen LogP contribution in [0.2, 0.25) is 0 Å². The predicted molar refractivity (Wildman–Crippen MR) is 47.7 cm³/mol. The van der Waals surface area contributed by atoms with Crippen molar-refractivity contribution < 1.29 is 9.53 Å². The molecule has 0 aliphatic heterocycles. The molecule has 0 N–H and O–H groups in total. The molecule has 0 heterocycles. The van der Waals surface area contributed by atoms with E-state index < -0.39 is 0 Å². The zero-order valence-corrected chi connectivity index (χ0v) is 7.38. The molecule has 0 saturated carbocycles. The molecule has 0 aromatic heterocycles. The third kappa shape index (κ3) is 2.53. The van der Waals surface area contributed by atoms with Gasteiger partial charge in [-0.1, -0.05) is 18.2 Å². The van der Waals surface area contributed by atoms with Gasteiger partial charge in [-0.2, -0.15) is 0 Å². The van der Waals surface area contributed by atoms with Crippen LogP contribution in [0.3, 0.4) is 0 Å². The van der Waals surface area contributed by atoms with Crippen molar-refractivity contribution >= 4 is 5.97 Å². The molecule has 0 radical (unpaired) electrons. The van der Waals surface area contributed by atoms with Crippen LogP contribution in [-0.2, 0) is 9.53 Å².